The summed E-state index contributed by atoms with van der Waals surface area (Å²) in [5.74, 6) is 0. The molecular weight excluding hydrogens is 750 g/mol. The van der Waals surface area contributed by atoms with Gasteiger partial charge in [0.05, 0.1) is 26.7 Å². The molecule has 0 aromatic carbocycles. The van der Waals surface area contributed by atoms with Crippen molar-refractivity contribution in [1.82, 2.24) is 28.8 Å². The fourth-order valence-corrected chi connectivity index (χ4v) is 6.47. The van der Waals surface area contributed by atoms with Gasteiger partial charge in [0.1, 0.15) is 0 Å². The maximum absolute atomic E-state index is 11.9. The summed E-state index contributed by atoms with van der Waals surface area (Å²) in [4.78, 5) is 62.4. The van der Waals surface area contributed by atoms with Gasteiger partial charge in [-0.3, -0.25) is 39.2 Å². The summed E-state index contributed by atoms with van der Waals surface area (Å²) in [5, 5.41) is 20.7. The molecule has 0 saturated carbocycles. The number of nitrogens with zero attached hydrogens (tertiary/aromatic N) is 7. The first-order valence-electron chi connectivity index (χ1n) is 19.3. The molecule has 0 radical (unpaired) electrons. The van der Waals surface area contributed by atoms with E-state index < -0.39 is 26.7 Å². The van der Waals surface area contributed by atoms with Crippen molar-refractivity contribution in [3.63, 3.8) is 0 Å². The normalized spacial score (nSPS) is 19.8. The number of likely N-dealkylation sites (tertiary alicyclic amines) is 1. The summed E-state index contributed by atoms with van der Waals surface area (Å²) >= 11 is 0. The number of likely N-dealkylation sites (N-methyl/N-ethyl adjacent to an activating group) is 2. The van der Waals surface area contributed by atoms with Gasteiger partial charge in [0.25, 0.3) is 5.56 Å². The van der Waals surface area contributed by atoms with Crippen LogP contribution in [0.1, 0.15) is 59.4 Å². The zero-order valence-corrected chi connectivity index (χ0v) is 34.5. The molecule has 316 valence electrons. The average molecular weight is 808 g/mol. The highest BCUT2D eigenvalue weighted by molar-refractivity contribution is 5.48. The minimum absolute atomic E-state index is 0.0490. The van der Waals surface area contributed by atoms with E-state index in [-0.39, 0.29) is 28.7 Å². The number of anilines is 1. The summed E-state index contributed by atoms with van der Waals surface area (Å²) < 4.78 is 15.2. The van der Waals surface area contributed by atoms with E-state index in [2.05, 4.69) is 67.6 Å². The van der Waals surface area contributed by atoms with Gasteiger partial charge < -0.3 is 39.5 Å². The van der Waals surface area contributed by atoms with Crippen LogP contribution < -0.4 is 22.4 Å². The van der Waals surface area contributed by atoms with Gasteiger partial charge in [-0.2, -0.15) is 0 Å². The molecule has 0 unspecified atom stereocenters. The van der Waals surface area contributed by atoms with Crippen LogP contribution in [0.5, 0.6) is 0 Å². The van der Waals surface area contributed by atoms with Gasteiger partial charge in [-0.05, 0) is 111 Å². The van der Waals surface area contributed by atoms with Crippen molar-refractivity contribution in [1.29, 1.82) is 0 Å². The molecule has 4 aliphatic heterocycles. The number of hydrogen-bond acceptors (Lipinski definition) is 13. The number of pyridine rings is 3. The average Bonchev–Trinajstić information content (AvgIpc) is 3.40. The van der Waals surface area contributed by atoms with Crippen LogP contribution in [0.4, 0.5) is 17.1 Å². The second kappa shape index (κ2) is 19.9. The third-order valence-corrected chi connectivity index (χ3v) is 10.9. The van der Waals surface area contributed by atoms with Gasteiger partial charge in [0, 0.05) is 75.1 Å². The van der Waals surface area contributed by atoms with Crippen LogP contribution in [0.3, 0.4) is 0 Å². The maximum Gasteiger partial charge on any atom is 0.334 e. The van der Waals surface area contributed by atoms with E-state index in [1.54, 1.807) is 16.8 Å². The number of aromatic amines is 1. The first kappa shape index (κ1) is 45.4. The third-order valence-electron chi connectivity index (χ3n) is 10.9. The summed E-state index contributed by atoms with van der Waals surface area (Å²) in [6.45, 7) is 14.2. The highest BCUT2D eigenvalue weighted by atomic mass is 16.7. The van der Waals surface area contributed by atoms with Crippen molar-refractivity contribution in [2.75, 3.05) is 66.1 Å². The molecule has 4 aliphatic rings. The third kappa shape index (κ3) is 11.9. The van der Waals surface area contributed by atoms with Crippen LogP contribution in [-0.4, -0.2) is 117 Å². The molecule has 7 rings (SSSR count). The van der Waals surface area contributed by atoms with Gasteiger partial charge in [-0.1, -0.05) is 12.2 Å². The van der Waals surface area contributed by atoms with E-state index in [0.29, 0.717) is 11.7 Å². The van der Waals surface area contributed by atoms with Gasteiger partial charge >= 0.3 is 22.5 Å². The molecule has 0 spiro atoms. The van der Waals surface area contributed by atoms with E-state index in [0.717, 1.165) is 76.7 Å². The molecule has 3 aromatic heterocycles. The van der Waals surface area contributed by atoms with Gasteiger partial charge in [-0.25, -0.2) is 0 Å². The number of H-pyrrole nitrogens is 1. The lowest BCUT2D eigenvalue weighted by Crippen LogP contribution is -2.41. The summed E-state index contributed by atoms with van der Waals surface area (Å²) in [5.41, 5.74) is 5.55. The van der Waals surface area contributed by atoms with Crippen molar-refractivity contribution in [2.24, 2.45) is 0 Å². The highest BCUT2D eigenvalue weighted by Crippen LogP contribution is 2.41. The van der Waals surface area contributed by atoms with E-state index in [9.17, 15) is 34.6 Å². The monoisotopic (exact) mass is 807 g/mol. The molecule has 3 aromatic rings. The van der Waals surface area contributed by atoms with Gasteiger partial charge in [-0.15, -0.1) is 0 Å². The first-order valence-corrected chi connectivity index (χ1v) is 19.3. The lowest BCUT2D eigenvalue weighted by molar-refractivity contribution is -0.386. The van der Waals surface area contributed by atoms with Crippen molar-refractivity contribution in [3.05, 3.63) is 124 Å². The van der Waals surface area contributed by atoms with Crippen LogP contribution in [0.25, 0.3) is 5.70 Å². The standard InChI is InChI=1S/C13H23NO2.C11H13N3O3.C11H17N3O.C5H4N2O3/c1-12(2)13(3,4)16-11(15-12)10-6-8-14(5)9-7-10;1-12-7-4-9(5-8-12)13-6-2-3-10(11(13)15)14(16)17;1-13-7-4-9(5-8-13)14-6-2-3-10(12)11(14)15;8-5-4(7(9)10)2-1-3-6-5/h6,11H,7-9H2,1-5H3;2-4,6H,5,7-8H2,1H3;2-3,6,9H,4-5,7-8,12H2,1H3;1-3H,(H,6,8). The molecule has 18 heteroatoms. The molecule has 3 N–H and O–H groups in total. The van der Waals surface area contributed by atoms with Crippen LogP contribution in [0.15, 0.2) is 87.1 Å². The number of ether oxygens (including phenoxy) is 2. The Morgan fingerprint density at radius 1 is 0.741 bits per heavy atom. The fraction of sp³-hybridized carbons (Fsp3) is 0.525. The number of nitrogens with one attached hydrogen (secondary N) is 1. The Labute approximate surface area is 337 Å². The predicted octanol–water partition coefficient (Wildman–Crippen LogP) is 4.09. The van der Waals surface area contributed by atoms with Crippen molar-refractivity contribution in [2.45, 2.75) is 76.9 Å². The van der Waals surface area contributed by atoms with Gasteiger partial charge in [0.15, 0.2) is 6.29 Å². The molecule has 2 saturated heterocycles. The molecule has 0 atom stereocenters. The molecule has 0 aliphatic carbocycles. The van der Waals surface area contributed by atoms with Gasteiger partial charge in [0.2, 0.25) is 0 Å². The maximum atomic E-state index is 11.9. The topological polar surface area (TPSA) is 217 Å². The number of nitrogens with two attached hydrogens (primary N) is 1. The van der Waals surface area contributed by atoms with Crippen LogP contribution in [0, 0.1) is 20.2 Å². The molecule has 2 fully saturated rings. The van der Waals surface area contributed by atoms with Crippen molar-refractivity contribution in [3.8, 4) is 0 Å². The van der Waals surface area contributed by atoms with E-state index in [4.69, 9.17) is 15.2 Å². The fourth-order valence-electron chi connectivity index (χ4n) is 6.47. The highest BCUT2D eigenvalue weighted by Gasteiger charge is 2.50. The Bertz CT molecular complexity index is 2120. The molecule has 7 heterocycles. The lowest BCUT2D eigenvalue weighted by atomic mass is 9.90. The number of rotatable bonds is 5. The lowest BCUT2D eigenvalue weighted by Gasteiger charge is -2.30. The Morgan fingerprint density at radius 2 is 1.31 bits per heavy atom. The number of nitro groups is 2. The second-order valence-corrected chi connectivity index (χ2v) is 15.8. The minimum Gasteiger partial charge on any atom is -0.394 e. The SMILES string of the molecule is CN1CC=C(C2OC(C)(C)C(C)(C)O2)CC1.CN1CC=C(n2cccc([N+](=O)[O-])c2=O)CC1.CN1CCC(n2cccc(N)c2=O)CC1.O=c1[nH]cccc1[N+](=O)[O-]. The summed E-state index contributed by atoms with van der Waals surface area (Å²) in [7, 11) is 6.24. The Morgan fingerprint density at radius 3 is 1.83 bits per heavy atom. The first-order chi connectivity index (χ1) is 27.3. The van der Waals surface area contributed by atoms with E-state index >= 15 is 0 Å². The van der Waals surface area contributed by atoms with Crippen LogP contribution in [-0.2, 0) is 9.47 Å². The predicted molar refractivity (Wildman–Crippen MR) is 223 cm³/mol. The molecule has 18 nitrogen and oxygen atoms in total. The number of nitrogen functional groups attached to an aromatic ring is 1. The van der Waals surface area contributed by atoms with Crippen LogP contribution >= 0.6 is 0 Å². The summed E-state index contributed by atoms with van der Waals surface area (Å²) in [6.07, 6.45) is 12.6. The number of piperidine rings is 1. The second-order valence-electron chi connectivity index (χ2n) is 15.8. The van der Waals surface area contributed by atoms with E-state index in [1.807, 2.05) is 25.4 Å². The molecular formula is C40H57N9O9. The van der Waals surface area contributed by atoms with Crippen molar-refractivity contribution < 1.29 is 19.3 Å². The smallest absolute Gasteiger partial charge is 0.334 e. The molecule has 0 amide bonds. The summed E-state index contributed by atoms with van der Waals surface area (Å²) in [6, 6.07) is 9.13. The Balaban J connectivity index is 0.000000174. The number of aromatic nitrogens is 3. The van der Waals surface area contributed by atoms with Crippen molar-refractivity contribution >= 4 is 22.8 Å². The Hall–Kier alpha value is -5.27. The Kier molecular flexibility index (Phi) is 15.6. The molecule has 0 bridgehead atoms. The van der Waals surface area contributed by atoms with Crippen LogP contribution in [0.2, 0.25) is 0 Å². The number of hydrogen-bond donors (Lipinski definition) is 2. The molecule has 58 heavy (non-hydrogen) atoms. The quantitative estimate of drug-likeness (QED) is 0.211. The minimum atomic E-state index is -0.723. The van der Waals surface area contributed by atoms with E-state index in [1.165, 1.54) is 34.5 Å². The zero-order valence-electron chi connectivity index (χ0n) is 34.5. The largest absolute Gasteiger partial charge is 0.394 e. The zero-order chi connectivity index (χ0) is 42.8.